The van der Waals surface area contributed by atoms with Crippen LogP contribution < -0.4 is 5.73 Å². The summed E-state index contributed by atoms with van der Waals surface area (Å²) in [6, 6.07) is 6.36. The van der Waals surface area contributed by atoms with Gasteiger partial charge in [-0.1, -0.05) is 23.7 Å². The van der Waals surface area contributed by atoms with Crippen LogP contribution in [0.15, 0.2) is 28.7 Å². The third-order valence-electron chi connectivity index (χ3n) is 2.44. The summed E-state index contributed by atoms with van der Waals surface area (Å²) in [5.41, 5.74) is 6.50. The summed E-state index contributed by atoms with van der Waals surface area (Å²) in [7, 11) is 0. The van der Waals surface area contributed by atoms with Crippen LogP contribution in [0.1, 0.15) is 21.4 Å². The molecule has 0 bridgehead atoms. The Morgan fingerprint density at radius 3 is 2.76 bits per heavy atom. The molecule has 5 heteroatoms. The Balaban J connectivity index is 2.47. The van der Waals surface area contributed by atoms with E-state index in [1.807, 2.05) is 13.0 Å². The zero-order valence-electron chi connectivity index (χ0n) is 9.01. The molecule has 0 radical (unpaired) electrons. The lowest BCUT2D eigenvalue weighted by Crippen LogP contribution is -2.12. The van der Waals surface area contributed by atoms with E-state index in [4.69, 9.17) is 17.3 Å². The van der Waals surface area contributed by atoms with Gasteiger partial charge < -0.3 is 5.73 Å². The van der Waals surface area contributed by atoms with Gasteiger partial charge in [0.1, 0.15) is 5.82 Å². The van der Waals surface area contributed by atoms with Gasteiger partial charge >= 0.3 is 0 Å². The Bertz CT molecular complexity index is 555. The minimum Gasteiger partial charge on any atom is -0.319 e. The average Bonchev–Trinajstić information content (AvgIpc) is 2.61. The monoisotopic (exact) mass is 333 g/mol. The third kappa shape index (κ3) is 2.55. The van der Waals surface area contributed by atoms with Crippen molar-refractivity contribution in [3.05, 3.63) is 54.9 Å². The largest absolute Gasteiger partial charge is 0.319 e. The maximum atomic E-state index is 13.9. The highest BCUT2D eigenvalue weighted by molar-refractivity contribution is 9.10. The summed E-state index contributed by atoms with van der Waals surface area (Å²) in [5, 5.41) is 0.0994. The molecule has 17 heavy (non-hydrogen) atoms. The SMILES string of the molecule is Cc1cc(Br)c(C(N)c2cccc(Cl)c2F)s1. The Kier molecular flexibility index (Phi) is 3.88. The molecule has 2 N–H and O–H groups in total. The fraction of sp³-hybridized carbons (Fsp3) is 0.167. The molecule has 2 aromatic rings. The van der Waals surface area contributed by atoms with Gasteiger partial charge in [0.15, 0.2) is 0 Å². The molecule has 0 saturated carbocycles. The lowest BCUT2D eigenvalue weighted by atomic mass is 10.1. The molecule has 0 aliphatic heterocycles. The van der Waals surface area contributed by atoms with Crippen LogP contribution in [-0.2, 0) is 0 Å². The van der Waals surface area contributed by atoms with Gasteiger partial charge in [0.05, 0.1) is 11.1 Å². The number of aryl methyl sites for hydroxylation is 1. The summed E-state index contributed by atoms with van der Waals surface area (Å²) >= 11 is 10.7. The summed E-state index contributed by atoms with van der Waals surface area (Å²) in [5.74, 6) is -0.445. The first-order valence-corrected chi connectivity index (χ1v) is 6.94. The van der Waals surface area contributed by atoms with Gasteiger partial charge in [-0.15, -0.1) is 11.3 Å². The van der Waals surface area contributed by atoms with E-state index in [-0.39, 0.29) is 5.02 Å². The van der Waals surface area contributed by atoms with Crippen molar-refractivity contribution >= 4 is 38.9 Å². The van der Waals surface area contributed by atoms with Crippen LogP contribution in [0, 0.1) is 12.7 Å². The normalized spacial score (nSPS) is 12.8. The summed E-state index contributed by atoms with van der Waals surface area (Å²) in [6.45, 7) is 1.99. The molecule has 1 unspecified atom stereocenters. The molecule has 0 fully saturated rings. The molecular formula is C12H10BrClFNS. The Morgan fingerprint density at radius 1 is 1.47 bits per heavy atom. The van der Waals surface area contributed by atoms with Crippen molar-refractivity contribution in [1.82, 2.24) is 0 Å². The maximum Gasteiger partial charge on any atom is 0.146 e. The number of hydrogen-bond acceptors (Lipinski definition) is 2. The molecule has 2 rings (SSSR count). The molecule has 0 saturated heterocycles. The van der Waals surface area contributed by atoms with Crippen molar-refractivity contribution in [3.63, 3.8) is 0 Å². The standard InChI is InChI=1S/C12H10BrClFNS/c1-6-5-8(13)12(17-6)11(16)7-3-2-4-9(14)10(7)15/h2-5,11H,16H2,1H3. The Labute approximate surface area is 117 Å². The van der Waals surface area contributed by atoms with Gasteiger partial charge in [0, 0.05) is 19.8 Å². The van der Waals surface area contributed by atoms with Crippen molar-refractivity contribution < 1.29 is 4.39 Å². The van der Waals surface area contributed by atoms with Gasteiger partial charge in [0.2, 0.25) is 0 Å². The predicted molar refractivity (Wildman–Crippen MR) is 74.2 cm³/mol. The smallest absolute Gasteiger partial charge is 0.146 e. The first-order chi connectivity index (χ1) is 8.00. The summed E-state index contributed by atoms with van der Waals surface area (Å²) in [4.78, 5) is 2.04. The molecule has 1 aromatic carbocycles. The van der Waals surface area contributed by atoms with Crippen LogP contribution in [-0.4, -0.2) is 0 Å². The minimum absolute atomic E-state index is 0.0994. The maximum absolute atomic E-state index is 13.9. The van der Waals surface area contributed by atoms with Crippen LogP contribution in [0.4, 0.5) is 4.39 Å². The first kappa shape index (κ1) is 13.0. The van der Waals surface area contributed by atoms with Gasteiger partial charge in [-0.3, -0.25) is 0 Å². The lowest BCUT2D eigenvalue weighted by Gasteiger charge is -2.12. The number of hydrogen-bond donors (Lipinski definition) is 1. The van der Waals surface area contributed by atoms with Crippen molar-refractivity contribution in [2.75, 3.05) is 0 Å². The number of nitrogens with two attached hydrogens (primary N) is 1. The summed E-state index contributed by atoms with van der Waals surface area (Å²) in [6.07, 6.45) is 0. The minimum atomic E-state index is -0.498. The number of halogens is 3. The second-order valence-corrected chi connectivity index (χ2v) is 6.24. The van der Waals surface area contributed by atoms with E-state index in [9.17, 15) is 4.39 Å². The molecule has 1 nitrogen and oxygen atoms in total. The van der Waals surface area contributed by atoms with E-state index in [0.29, 0.717) is 5.56 Å². The van der Waals surface area contributed by atoms with Crippen LogP contribution in [0.5, 0.6) is 0 Å². The van der Waals surface area contributed by atoms with Crippen molar-refractivity contribution in [2.24, 2.45) is 5.73 Å². The van der Waals surface area contributed by atoms with E-state index < -0.39 is 11.9 Å². The van der Waals surface area contributed by atoms with Crippen LogP contribution >= 0.6 is 38.9 Å². The topological polar surface area (TPSA) is 26.0 Å². The second-order valence-electron chi connectivity index (χ2n) is 3.69. The van der Waals surface area contributed by atoms with Gasteiger partial charge in [-0.05, 0) is 35.0 Å². The van der Waals surface area contributed by atoms with Gasteiger partial charge in [0.25, 0.3) is 0 Å². The number of thiophene rings is 1. The fourth-order valence-corrected chi connectivity index (χ4v) is 3.72. The molecular weight excluding hydrogens is 325 g/mol. The molecule has 90 valence electrons. The highest BCUT2D eigenvalue weighted by Crippen LogP contribution is 2.35. The summed E-state index contributed by atoms with van der Waals surface area (Å²) < 4.78 is 14.8. The van der Waals surface area contributed by atoms with E-state index >= 15 is 0 Å². The van der Waals surface area contributed by atoms with Crippen LogP contribution in [0.25, 0.3) is 0 Å². The predicted octanol–water partition coefficient (Wildman–Crippen LogP) is 4.66. The Hall–Kier alpha value is -0.420. The molecule has 0 aliphatic carbocycles. The quantitative estimate of drug-likeness (QED) is 0.849. The van der Waals surface area contributed by atoms with Crippen LogP contribution in [0.2, 0.25) is 5.02 Å². The zero-order chi connectivity index (χ0) is 12.6. The average molecular weight is 335 g/mol. The van der Waals surface area contributed by atoms with Crippen LogP contribution in [0.3, 0.4) is 0 Å². The third-order valence-corrected chi connectivity index (χ3v) is 4.78. The molecule has 1 aromatic heterocycles. The molecule has 0 aliphatic rings. The molecule has 1 heterocycles. The molecule has 0 amide bonds. The van der Waals surface area contributed by atoms with E-state index in [1.165, 1.54) is 6.07 Å². The lowest BCUT2D eigenvalue weighted by molar-refractivity contribution is 0.601. The highest BCUT2D eigenvalue weighted by Gasteiger charge is 2.19. The van der Waals surface area contributed by atoms with Crippen molar-refractivity contribution in [1.29, 1.82) is 0 Å². The van der Waals surface area contributed by atoms with Gasteiger partial charge in [-0.25, -0.2) is 4.39 Å². The molecule has 1 atom stereocenters. The molecule has 0 spiro atoms. The zero-order valence-corrected chi connectivity index (χ0v) is 12.2. The Morgan fingerprint density at radius 2 is 2.18 bits per heavy atom. The van der Waals surface area contributed by atoms with E-state index in [1.54, 1.807) is 23.5 Å². The van der Waals surface area contributed by atoms with Crippen molar-refractivity contribution in [2.45, 2.75) is 13.0 Å². The number of rotatable bonds is 2. The fourth-order valence-electron chi connectivity index (χ4n) is 1.62. The number of benzene rings is 1. The second kappa shape index (κ2) is 5.06. The highest BCUT2D eigenvalue weighted by atomic mass is 79.9. The van der Waals surface area contributed by atoms with E-state index in [2.05, 4.69) is 15.9 Å². The first-order valence-electron chi connectivity index (χ1n) is 4.96. The van der Waals surface area contributed by atoms with Gasteiger partial charge in [-0.2, -0.15) is 0 Å². The van der Waals surface area contributed by atoms with Crippen molar-refractivity contribution in [3.8, 4) is 0 Å². The van der Waals surface area contributed by atoms with E-state index in [0.717, 1.165) is 14.2 Å².